The minimum atomic E-state index is 0.281. The molecule has 2 aliphatic carbocycles. The van der Waals surface area contributed by atoms with E-state index < -0.39 is 0 Å². The number of rotatable bonds is 5. The van der Waals surface area contributed by atoms with Gasteiger partial charge in [0.1, 0.15) is 5.75 Å². The van der Waals surface area contributed by atoms with Crippen LogP contribution in [0.15, 0.2) is 24.3 Å². The number of benzene rings is 1. The fourth-order valence-electron chi connectivity index (χ4n) is 2.72. The number of hydrogen-bond acceptors (Lipinski definition) is 2. The van der Waals surface area contributed by atoms with Crippen LogP contribution in [0.3, 0.4) is 0 Å². The second kappa shape index (κ2) is 5.13. The van der Waals surface area contributed by atoms with Gasteiger partial charge < -0.3 is 4.74 Å². The molecule has 0 N–H and O–H groups in total. The lowest BCUT2D eigenvalue weighted by atomic mass is 9.97. The van der Waals surface area contributed by atoms with Crippen LogP contribution in [0.4, 0.5) is 0 Å². The van der Waals surface area contributed by atoms with Crippen molar-refractivity contribution in [3.05, 3.63) is 29.8 Å². The van der Waals surface area contributed by atoms with Gasteiger partial charge >= 0.3 is 0 Å². The maximum atomic E-state index is 12.2. The third kappa shape index (κ3) is 2.92. The summed E-state index contributed by atoms with van der Waals surface area (Å²) in [7, 11) is 0. The van der Waals surface area contributed by atoms with Gasteiger partial charge in [0, 0.05) is 12.0 Å². The SMILES string of the molecule is O=C(CC1CCCC1)c1cccc(OC2CC2)c1. The number of carbonyl (C=O) groups excluding carboxylic acids is 1. The standard InChI is InChI=1S/C16H20O2/c17-16(10-12-4-1-2-5-12)13-6-3-7-15(11-13)18-14-8-9-14/h3,6-7,11-12,14H,1-2,4-5,8-10H2. The van der Waals surface area contributed by atoms with E-state index in [1.807, 2.05) is 24.3 Å². The Morgan fingerprint density at radius 1 is 1.17 bits per heavy atom. The molecule has 0 aromatic heterocycles. The first-order valence-electron chi connectivity index (χ1n) is 7.11. The van der Waals surface area contributed by atoms with E-state index in [4.69, 9.17) is 4.74 Å². The second-order valence-electron chi connectivity index (χ2n) is 5.62. The summed E-state index contributed by atoms with van der Waals surface area (Å²) in [6, 6.07) is 7.71. The highest BCUT2D eigenvalue weighted by atomic mass is 16.5. The van der Waals surface area contributed by atoms with Gasteiger partial charge in [-0.15, -0.1) is 0 Å². The van der Waals surface area contributed by atoms with E-state index >= 15 is 0 Å². The van der Waals surface area contributed by atoms with Crippen LogP contribution in [-0.2, 0) is 0 Å². The molecule has 2 nitrogen and oxygen atoms in total. The third-order valence-corrected chi connectivity index (χ3v) is 3.93. The molecule has 0 radical (unpaired) electrons. The quantitative estimate of drug-likeness (QED) is 0.732. The molecular weight excluding hydrogens is 224 g/mol. The molecule has 0 amide bonds. The molecule has 18 heavy (non-hydrogen) atoms. The summed E-state index contributed by atoms with van der Waals surface area (Å²) < 4.78 is 5.73. The summed E-state index contributed by atoms with van der Waals surface area (Å²) in [4.78, 5) is 12.2. The molecule has 2 heteroatoms. The van der Waals surface area contributed by atoms with E-state index in [1.165, 1.54) is 25.7 Å². The second-order valence-corrected chi connectivity index (χ2v) is 5.62. The lowest BCUT2D eigenvalue weighted by Crippen LogP contribution is -2.06. The highest BCUT2D eigenvalue weighted by Gasteiger charge is 2.24. The Labute approximate surface area is 108 Å². The van der Waals surface area contributed by atoms with Crippen molar-refractivity contribution in [2.45, 2.75) is 51.0 Å². The maximum Gasteiger partial charge on any atom is 0.163 e. The zero-order valence-corrected chi connectivity index (χ0v) is 10.7. The van der Waals surface area contributed by atoms with Gasteiger partial charge in [-0.25, -0.2) is 0 Å². The number of ketones is 1. The van der Waals surface area contributed by atoms with Crippen LogP contribution in [-0.4, -0.2) is 11.9 Å². The Bertz CT molecular complexity index is 428. The van der Waals surface area contributed by atoms with Crippen molar-refractivity contribution >= 4 is 5.78 Å². The predicted octanol–water partition coefficient (Wildman–Crippen LogP) is 3.99. The molecule has 3 rings (SSSR count). The highest BCUT2D eigenvalue weighted by Crippen LogP contribution is 2.30. The molecule has 2 fully saturated rings. The lowest BCUT2D eigenvalue weighted by Gasteiger charge is -2.09. The molecule has 0 spiro atoms. The maximum absolute atomic E-state index is 12.2. The van der Waals surface area contributed by atoms with Gasteiger partial charge in [-0.05, 0) is 30.9 Å². The van der Waals surface area contributed by atoms with Crippen molar-refractivity contribution in [3.63, 3.8) is 0 Å². The van der Waals surface area contributed by atoms with E-state index in [0.717, 1.165) is 24.2 Å². The fourth-order valence-corrected chi connectivity index (χ4v) is 2.72. The van der Waals surface area contributed by atoms with Gasteiger partial charge in [-0.2, -0.15) is 0 Å². The summed E-state index contributed by atoms with van der Waals surface area (Å²) in [5.41, 5.74) is 0.819. The van der Waals surface area contributed by atoms with Crippen LogP contribution in [0.5, 0.6) is 5.75 Å². The Morgan fingerprint density at radius 2 is 1.94 bits per heavy atom. The predicted molar refractivity (Wildman–Crippen MR) is 71.0 cm³/mol. The Kier molecular flexibility index (Phi) is 3.35. The minimum absolute atomic E-state index is 0.281. The number of hydrogen-bond donors (Lipinski definition) is 0. The molecule has 0 atom stereocenters. The Morgan fingerprint density at radius 3 is 2.67 bits per heavy atom. The molecular formula is C16H20O2. The first kappa shape index (κ1) is 11.8. The van der Waals surface area contributed by atoms with Gasteiger partial charge in [-0.3, -0.25) is 4.79 Å². The van der Waals surface area contributed by atoms with Gasteiger partial charge in [-0.1, -0.05) is 37.8 Å². The van der Waals surface area contributed by atoms with Crippen molar-refractivity contribution < 1.29 is 9.53 Å². The van der Waals surface area contributed by atoms with Crippen molar-refractivity contribution in [3.8, 4) is 5.75 Å². The summed E-state index contributed by atoms with van der Waals surface area (Å²) in [5.74, 6) is 1.75. The Hall–Kier alpha value is -1.31. The zero-order chi connectivity index (χ0) is 12.4. The number of Topliss-reactive ketones (excluding diaryl/α,β-unsaturated/α-hetero) is 1. The molecule has 2 saturated carbocycles. The van der Waals surface area contributed by atoms with E-state index in [9.17, 15) is 4.79 Å². The van der Waals surface area contributed by atoms with Crippen LogP contribution in [0.25, 0.3) is 0 Å². The summed E-state index contributed by atoms with van der Waals surface area (Å²) in [6.45, 7) is 0. The summed E-state index contributed by atoms with van der Waals surface area (Å²) in [5, 5.41) is 0. The van der Waals surface area contributed by atoms with Gasteiger partial charge in [0.25, 0.3) is 0 Å². The number of ether oxygens (including phenoxy) is 1. The third-order valence-electron chi connectivity index (χ3n) is 3.93. The monoisotopic (exact) mass is 244 g/mol. The molecule has 2 aliphatic rings. The first-order chi connectivity index (χ1) is 8.81. The summed E-state index contributed by atoms with van der Waals surface area (Å²) >= 11 is 0. The fraction of sp³-hybridized carbons (Fsp3) is 0.562. The molecule has 0 bridgehead atoms. The molecule has 1 aromatic carbocycles. The molecule has 0 aliphatic heterocycles. The molecule has 1 aromatic rings. The molecule has 0 saturated heterocycles. The van der Waals surface area contributed by atoms with E-state index in [2.05, 4.69) is 0 Å². The lowest BCUT2D eigenvalue weighted by molar-refractivity contribution is 0.0961. The topological polar surface area (TPSA) is 26.3 Å². The van der Waals surface area contributed by atoms with Crippen molar-refractivity contribution in [1.82, 2.24) is 0 Å². The van der Waals surface area contributed by atoms with Crippen LogP contribution in [0.1, 0.15) is 55.3 Å². The van der Waals surface area contributed by atoms with Gasteiger partial charge in [0.15, 0.2) is 5.78 Å². The minimum Gasteiger partial charge on any atom is -0.490 e. The smallest absolute Gasteiger partial charge is 0.163 e. The van der Waals surface area contributed by atoms with Gasteiger partial charge in [0.05, 0.1) is 6.10 Å². The van der Waals surface area contributed by atoms with Crippen LogP contribution >= 0.6 is 0 Å². The molecule has 0 unspecified atom stereocenters. The zero-order valence-electron chi connectivity index (χ0n) is 10.7. The van der Waals surface area contributed by atoms with Crippen molar-refractivity contribution in [2.75, 3.05) is 0 Å². The summed E-state index contributed by atoms with van der Waals surface area (Å²) in [6.07, 6.45) is 8.46. The normalized spacial score (nSPS) is 20.0. The molecule has 0 heterocycles. The van der Waals surface area contributed by atoms with Gasteiger partial charge in [0.2, 0.25) is 0 Å². The van der Waals surface area contributed by atoms with Crippen molar-refractivity contribution in [2.24, 2.45) is 5.92 Å². The van der Waals surface area contributed by atoms with E-state index in [-0.39, 0.29) is 5.78 Å². The van der Waals surface area contributed by atoms with Crippen molar-refractivity contribution in [1.29, 1.82) is 0 Å². The van der Waals surface area contributed by atoms with E-state index in [1.54, 1.807) is 0 Å². The highest BCUT2D eigenvalue weighted by molar-refractivity contribution is 5.96. The number of carbonyl (C=O) groups is 1. The Balaban J connectivity index is 1.64. The van der Waals surface area contributed by atoms with E-state index in [0.29, 0.717) is 18.4 Å². The average molecular weight is 244 g/mol. The first-order valence-corrected chi connectivity index (χ1v) is 7.11. The van der Waals surface area contributed by atoms with Crippen LogP contribution in [0, 0.1) is 5.92 Å². The van der Waals surface area contributed by atoms with Crippen LogP contribution in [0.2, 0.25) is 0 Å². The van der Waals surface area contributed by atoms with Crippen LogP contribution < -0.4 is 4.74 Å². The largest absolute Gasteiger partial charge is 0.490 e. The average Bonchev–Trinajstić information content (AvgIpc) is 3.04. The molecule has 96 valence electrons.